The molecule has 0 bridgehead atoms. The van der Waals surface area contributed by atoms with Gasteiger partial charge in [-0.15, -0.1) is 16.9 Å². The van der Waals surface area contributed by atoms with Crippen LogP contribution >= 0.6 is 23.5 Å². The van der Waals surface area contributed by atoms with Crippen LogP contribution in [0, 0.1) is 6.92 Å². The maximum absolute atomic E-state index is 13.2. The molecule has 5 nitrogen and oxygen atoms in total. The molecule has 2 aliphatic heterocycles. The zero-order valence-corrected chi connectivity index (χ0v) is 19.4. The van der Waals surface area contributed by atoms with Crippen molar-refractivity contribution in [3.8, 4) is 0 Å². The fourth-order valence-electron chi connectivity index (χ4n) is 3.72. The third kappa shape index (κ3) is 4.06. The number of rotatable bonds is 4. The molecular formula is C25H22N4OS2. The number of benzene rings is 3. The number of thioether (sulfide) groups is 2. The number of nitrogens with zero attached hydrogens (tertiary/aromatic N) is 3. The third-order valence-electron chi connectivity index (χ3n) is 5.43. The molecule has 0 saturated heterocycles. The molecule has 3 aromatic carbocycles. The molecule has 2 aliphatic rings. The van der Waals surface area contributed by atoms with Gasteiger partial charge in [0.1, 0.15) is 5.70 Å². The summed E-state index contributed by atoms with van der Waals surface area (Å²) in [6, 6.07) is 24.4. The number of aryl methyl sites for hydroxylation is 1. The van der Waals surface area contributed by atoms with Crippen LogP contribution in [0.1, 0.15) is 22.9 Å². The molecule has 0 aromatic heterocycles. The minimum atomic E-state index is -0.392. The topological polar surface area (TPSA) is 57.1 Å². The van der Waals surface area contributed by atoms with E-state index in [9.17, 15) is 4.79 Å². The van der Waals surface area contributed by atoms with Gasteiger partial charge in [0.15, 0.2) is 11.3 Å². The number of amidine groups is 1. The van der Waals surface area contributed by atoms with Crippen LogP contribution < -0.4 is 15.9 Å². The number of carbonyl (C=O) groups excluding carboxylic acids is 1. The van der Waals surface area contributed by atoms with Crippen LogP contribution in [0.3, 0.4) is 0 Å². The molecule has 5 rings (SSSR count). The predicted molar refractivity (Wildman–Crippen MR) is 131 cm³/mol. The second-order valence-electron chi connectivity index (χ2n) is 7.62. The Kier molecular flexibility index (Phi) is 5.76. The minimum Gasteiger partial charge on any atom is -0.298 e. The lowest BCUT2D eigenvalue weighted by Gasteiger charge is -2.34. The summed E-state index contributed by atoms with van der Waals surface area (Å²) in [4.78, 5) is 19.3. The molecule has 1 atom stereocenters. The monoisotopic (exact) mass is 458 g/mol. The van der Waals surface area contributed by atoms with E-state index in [2.05, 4.69) is 67.0 Å². The number of carbonyl (C=O) groups is 1. The largest absolute Gasteiger partial charge is 0.298 e. The van der Waals surface area contributed by atoms with E-state index in [0.29, 0.717) is 10.9 Å². The first kappa shape index (κ1) is 20.8. The van der Waals surface area contributed by atoms with Crippen LogP contribution in [-0.4, -0.2) is 22.3 Å². The summed E-state index contributed by atoms with van der Waals surface area (Å²) in [5.41, 5.74) is 3.95. The van der Waals surface area contributed by atoms with Gasteiger partial charge in [0.2, 0.25) is 0 Å². The van der Waals surface area contributed by atoms with Crippen molar-refractivity contribution in [1.82, 2.24) is 10.3 Å². The summed E-state index contributed by atoms with van der Waals surface area (Å²) in [7, 11) is 0. The van der Waals surface area contributed by atoms with E-state index < -0.39 is 6.17 Å². The van der Waals surface area contributed by atoms with Crippen LogP contribution in [-0.2, 0) is 10.5 Å². The van der Waals surface area contributed by atoms with Gasteiger partial charge in [-0.25, -0.2) is 5.01 Å². The van der Waals surface area contributed by atoms with E-state index in [4.69, 9.17) is 10.1 Å². The molecule has 2 heterocycles. The van der Waals surface area contributed by atoms with Gasteiger partial charge >= 0.3 is 0 Å². The molecule has 0 spiro atoms. The van der Waals surface area contributed by atoms with E-state index in [1.807, 2.05) is 24.3 Å². The highest BCUT2D eigenvalue weighted by Gasteiger charge is 2.34. The van der Waals surface area contributed by atoms with Crippen molar-refractivity contribution in [1.29, 1.82) is 0 Å². The van der Waals surface area contributed by atoms with Crippen LogP contribution in [0.2, 0.25) is 0 Å². The van der Waals surface area contributed by atoms with Crippen LogP contribution in [0.4, 0.5) is 0 Å². The quantitative estimate of drug-likeness (QED) is 0.605. The van der Waals surface area contributed by atoms with Gasteiger partial charge in [0, 0.05) is 15.9 Å². The molecule has 32 heavy (non-hydrogen) atoms. The molecule has 1 unspecified atom stereocenters. The fourth-order valence-corrected chi connectivity index (χ4v) is 4.94. The molecule has 1 amide bonds. The van der Waals surface area contributed by atoms with Crippen molar-refractivity contribution in [3.63, 3.8) is 0 Å². The second kappa shape index (κ2) is 8.84. The van der Waals surface area contributed by atoms with Gasteiger partial charge in [-0.1, -0.05) is 71.9 Å². The van der Waals surface area contributed by atoms with Gasteiger partial charge in [0.05, 0.1) is 5.36 Å². The number of fused-ring (bicyclic) bond motifs is 2. The molecule has 7 heteroatoms. The number of para-hydroxylation sites is 1. The highest BCUT2D eigenvalue weighted by molar-refractivity contribution is 8.13. The maximum Gasteiger partial charge on any atom is 0.276 e. The molecule has 0 radical (unpaired) electrons. The van der Waals surface area contributed by atoms with Crippen molar-refractivity contribution >= 4 is 40.3 Å². The van der Waals surface area contributed by atoms with Crippen molar-refractivity contribution in [2.24, 2.45) is 10.1 Å². The van der Waals surface area contributed by atoms with Gasteiger partial charge in [-0.3, -0.25) is 15.1 Å². The summed E-state index contributed by atoms with van der Waals surface area (Å²) < 4.78 is 0. The summed E-state index contributed by atoms with van der Waals surface area (Å²) in [5, 5.41) is 11.8. The van der Waals surface area contributed by atoms with E-state index in [1.165, 1.54) is 27.8 Å². The maximum atomic E-state index is 13.2. The predicted octanol–water partition coefficient (Wildman–Crippen LogP) is 3.79. The third-order valence-corrected chi connectivity index (χ3v) is 7.10. The van der Waals surface area contributed by atoms with Gasteiger partial charge < -0.3 is 0 Å². The second-order valence-corrected chi connectivity index (χ2v) is 9.46. The Hall–Kier alpha value is -3.03. The first-order valence-electron chi connectivity index (χ1n) is 10.3. The number of amides is 1. The molecule has 0 aliphatic carbocycles. The van der Waals surface area contributed by atoms with Gasteiger partial charge in [-0.2, -0.15) is 0 Å². The van der Waals surface area contributed by atoms with Crippen molar-refractivity contribution in [3.05, 3.63) is 100 Å². The van der Waals surface area contributed by atoms with Crippen molar-refractivity contribution in [2.75, 3.05) is 6.26 Å². The number of nitrogens with one attached hydrogen (secondary N) is 1. The fraction of sp³-hybridized carbons (Fsp3) is 0.160. The van der Waals surface area contributed by atoms with Crippen LogP contribution in [0.25, 0.3) is 5.70 Å². The smallest absolute Gasteiger partial charge is 0.276 e. The normalized spacial score (nSPS) is 17.1. The van der Waals surface area contributed by atoms with E-state index >= 15 is 0 Å². The molecular weight excluding hydrogens is 436 g/mol. The Morgan fingerprint density at radius 2 is 1.75 bits per heavy atom. The summed E-state index contributed by atoms with van der Waals surface area (Å²) >= 11 is 3.22. The number of hydrazone groups is 1. The Balaban J connectivity index is 1.53. The average Bonchev–Trinajstić information content (AvgIpc) is 2.83. The van der Waals surface area contributed by atoms with Crippen LogP contribution in [0.5, 0.6) is 0 Å². The lowest BCUT2D eigenvalue weighted by atomic mass is 10.1. The minimum absolute atomic E-state index is 0.153. The Morgan fingerprint density at radius 3 is 2.50 bits per heavy atom. The molecule has 160 valence electrons. The Bertz CT molecular complexity index is 1320. The SMILES string of the molecule is CSc1ccc(C2N=c3ccccc3=C3C(=O)NC(SCc4ccc(C)cc4)=NN32)cc1. The lowest BCUT2D eigenvalue weighted by Crippen LogP contribution is -2.50. The highest BCUT2D eigenvalue weighted by atomic mass is 32.2. The summed E-state index contributed by atoms with van der Waals surface area (Å²) in [6.45, 7) is 2.07. The molecule has 0 fully saturated rings. The zero-order chi connectivity index (χ0) is 22.1. The molecule has 0 saturated carbocycles. The summed E-state index contributed by atoms with van der Waals surface area (Å²) in [6.07, 6.45) is 1.66. The standard InChI is InChI=1S/C25H22N4OS2/c1-16-7-9-17(10-8-16)15-32-25-27-24(30)22-20-5-3-4-6-21(20)26-23(29(22)28-25)18-11-13-19(31-2)14-12-18/h3-14,23H,15H2,1-2H3,(H,27,28,30). The highest BCUT2D eigenvalue weighted by Crippen LogP contribution is 2.32. The lowest BCUT2D eigenvalue weighted by molar-refractivity contribution is -0.116. The number of hydrogen-bond donors (Lipinski definition) is 1. The van der Waals surface area contributed by atoms with E-state index in [-0.39, 0.29) is 5.91 Å². The van der Waals surface area contributed by atoms with E-state index in [0.717, 1.165) is 21.9 Å². The Labute approximate surface area is 195 Å². The van der Waals surface area contributed by atoms with Gasteiger partial charge in [0.25, 0.3) is 5.91 Å². The van der Waals surface area contributed by atoms with Crippen molar-refractivity contribution < 1.29 is 4.79 Å². The summed E-state index contributed by atoms with van der Waals surface area (Å²) in [5.74, 6) is 0.572. The van der Waals surface area contributed by atoms with Crippen LogP contribution in [0.15, 0.2) is 87.8 Å². The average molecular weight is 459 g/mol. The van der Waals surface area contributed by atoms with Crippen molar-refractivity contribution in [2.45, 2.75) is 23.7 Å². The van der Waals surface area contributed by atoms with E-state index in [1.54, 1.807) is 16.8 Å². The Morgan fingerprint density at radius 1 is 1.00 bits per heavy atom. The molecule has 1 N–H and O–H groups in total. The first-order valence-corrected chi connectivity index (χ1v) is 12.5. The number of hydrogen-bond acceptors (Lipinski definition) is 6. The molecule has 3 aromatic rings. The first-order chi connectivity index (χ1) is 15.6. The van der Waals surface area contributed by atoms with Gasteiger partial charge in [-0.05, 0) is 42.5 Å². The zero-order valence-electron chi connectivity index (χ0n) is 17.8.